The molecule has 74 valence electrons. The largest absolute Gasteiger partial charge is 0.294 e. The summed E-state index contributed by atoms with van der Waals surface area (Å²) in [6.45, 7) is 3.64. The SMILES string of the molecule is CC/C=C(\Sc1ccccc1)C(C)=O. The molecule has 0 unspecified atom stereocenters. The topological polar surface area (TPSA) is 17.1 Å². The van der Waals surface area contributed by atoms with Gasteiger partial charge in [0, 0.05) is 4.90 Å². The molecule has 0 atom stereocenters. The van der Waals surface area contributed by atoms with Gasteiger partial charge in [-0.05, 0) is 25.5 Å². The number of thioether (sulfide) groups is 1. The molecule has 0 heterocycles. The van der Waals surface area contributed by atoms with Gasteiger partial charge in [-0.1, -0.05) is 43.0 Å². The minimum atomic E-state index is 0.140. The maximum Gasteiger partial charge on any atom is 0.166 e. The number of benzene rings is 1. The van der Waals surface area contributed by atoms with E-state index in [1.165, 1.54) is 11.8 Å². The molecular weight excluding hydrogens is 192 g/mol. The summed E-state index contributed by atoms with van der Waals surface area (Å²) in [5.74, 6) is 0.140. The number of allylic oxidation sites excluding steroid dienone is 2. The van der Waals surface area contributed by atoms with E-state index in [1.807, 2.05) is 43.3 Å². The summed E-state index contributed by atoms with van der Waals surface area (Å²) in [6, 6.07) is 9.95. The number of carbonyl (C=O) groups excluding carboxylic acids is 1. The second-order valence-electron chi connectivity index (χ2n) is 2.95. The van der Waals surface area contributed by atoms with Crippen molar-refractivity contribution in [1.82, 2.24) is 0 Å². The van der Waals surface area contributed by atoms with Gasteiger partial charge in [0.2, 0.25) is 0 Å². The Bertz CT molecular complexity index is 327. The van der Waals surface area contributed by atoms with Crippen LogP contribution in [0.5, 0.6) is 0 Å². The molecule has 2 heteroatoms. The van der Waals surface area contributed by atoms with E-state index in [2.05, 4.69) is 0 Å². The highest BCUT2D eigenvalue weighted by atomic mass is 32.2. The van der Waals surface area contributed by atoms with Crippen molar-refractivity contribution in [3.05, 3.63) is 41.3 Å². The first-order valence-corrected chi connectivity index (χ1v) is 5.49. The summed E-state index contributed by atoms with van der Waals surface area (Å²) in [5, 5.41) is 0. The Morgan fingerprint density at radius 1 is 1.36 bits per heavy atom. The summed E-state index contributed by atoms with van der Waals surface area (Å²) in [7, 11) is 0. The molecule has 0 radical (unpaired) electrons. The van der Waals surface area contributed by atoms with Crippen LogP contribution in [0.3, 0.4) is 0 Å². The lowest BCUT2D eigenvalue weighted by Crippen LogP contribution is -1.91. The summed E-state index contributed by atoms with van der Waals surface area (Å²) < 4.78 is 0. The van der Waals surface area contributed by atoms with E-state index in [0.29, 0.717) is 0 Å². The third-order valence-electron chi connectivity index (χ3n) is 1.71. The number of rotatable bonds is 4. The zero-order chi connectivity index (χ0) is 10.4. The molecule has 1 rings (SSSR count). The van der Waals surface area contributed by atoms with Gasteiger partial charge in [0.15, 0.2) is 5.78 Å². The standard InChI is InChI=1S/C12H14OS/c1-3-7-12(10(2)13)14-11-8-5-4-6-9-11/h4-9H,3H2,1-2H3/b12-7-. The Kier molecular flexibility index (Phi) is 4.47. The van der Waals surface area contributed by atoms with Crippen LogP contribution in [0.15, 0.2) is 46.2 Å². The minimum absolute atomic E-state index is 0.140. The molecule has 0 N–H and O–H groups in total. The molecule has 14 heavy (non-hydrogen) atoms. The van der Waals surface area contributed by atoms with Crippen LogP contribution in [-0.4, -0.2) is 5.78 Å². The number of carbonyl (C=O) groups is 1. The average molecular weight is 206 g/mol. The molecular formula is C12H14OS. The molecule has 0 amide bonds. The lowest BCUT2D eigenvalue weighted by molar-refractivity contribution is -0.112. The Morgan fingerprint density at radius 3 is 2.50 bits per heavy atom. The summed E-state index contributed by atoms with van der Waals surface area (Å²) in [5.41, 5.74) is 0. The Labute approximate surface area is 89.2 Å². The van der Waals surface area contributed by atoms with Crippen LogP contribution >= 0.6 is 11.8 Å². The molecule has 0 fully saturated rings. The first-order chi connectivity index (χ1) is 6.74. The zero-order valence-electron chi connectivity index (χ0n) is 8.49. The van der Waals surface area contributed by atoms with Crippen molar-refractivity contribution in [3.63, 3.8) is 0 Å². The van der Waals surface area contributed by atoms with Crippen LogP contribution < -0.4 is 0 Å². The van der Waals surface area contributed by atoms with Crippen molar-refractivity contribution in [2.24, 2.45) is 0 Å². The molecule has 1 aromatic rings. The Morgan fingerprint density at radius 2 is 2.00 bits per heavy atom. The fourth-order valence-corrected chi connectivity index (χ4v) is 2.00. The number of hydrogen-bond acceptors (Lipinski definition) is 2. The lowest BCUT2D eigenvalue weighted by Gasteiger charge is -2.02. The molecule has 0 spiro atoms. The normalized spacial score (nSPS) is 11.4. The molecule has 0 aromatic heterocycles. The summed E-state index contributed by atoms with van der Waals surface area (Å²) >= 11 is 1.53. The van der Waals surface area contributed by atoms with Crippen LogP contribution in [0, 0.1) is 0 Å². The number of Topliss-reactive ketones (excluding diaryl/α,β-unsaturated/α-hetero) is 1. The first kappa shape index (κ1) is 11.1. The van der Waals surface area contributed by atoms with Gasteiger partial charge < -0.3 is 0 Å². The maximum absolute atomic E-state index is 11.2. The molecule has 1 aromatic carbocycles. The molecule has 1 nitrogen and oxygen atoms in total. The maximum atomic E-state index is 11.2. The lowest BCUT2D eigenvalue weighted by atomic mass is 10.3. The Balaban J connectivity index is 2.76. The predicted molar refractivity (Wildman–Crippen MR) is 61.4 cm³/mol. The third kappa shape index (κ3) is 3.38. The number of ketones is 1. The Hall–Kier alpha value is -1.02. The van der Waals surface area contributed by atoms with Crippen molar-refractivity contribution in [1.29, 1.82) is 0 Å². The van der Waals surface area contributed by atoms with Gasteiger partial charge >= 0.3 is 0 Å². The van der Waals surface area contributed by atoms with Gasteiger partial charge in [0.25, 0.3) is 0 Å². The average Bonchev–Trinajstić information content (AvgIpc) is 2.18. The summed E-state index contributed by atoms with van der Waals surface area (Å²) in [4.78, 5) is 13.2. The van der Waals surface area contributed by atoms with Gasteiger partial charge in [-0.25, -0.2) is 0 Å². The van der Waals surface area contributed by atoms with Gasteiger partial charge in [-0.2, -0.15) is 0 Å². The second kappa shape index (κ2) is 5.66. The zero-order valence-corrected chi connectivity index (χ0v) is 9.30. The van der Waals surface area contributed by atoms with Crippen LogP contribution in [0.2, 0.25) is 0 Å². The van der Waals surface area contributed by atoms with Crippen molar-refractivity contribution in [3.8, 4) is 0 Å². The van der Waals surface area contributed by atoms with Crippen LogP contribution in [0.25, 0.3) is 0 Å². The van der Waals surface area contributed by atoms with Gasteiger partial charge in [-0.3, -0.25) is 4.79 Å². The van der Waals surface area contributed by atoms with E-state index < -0.39 is 0 Å². The second-order valence-corrected chi connectivity index (χ2v) is 4.06. The van der Waals surface area contributed by atoms with Gasteiger partial charge in [0.05, 0.1) is 4.91 Å². The third-order valence-corrected chi connectivity index (χ3v) is 2.89. The minimum Gasteiger partial charge on any atom is -0.294 e. The van der Waals surface area contributed by atoms with Crippen molar-refractivity contribution >= 4 is 17.5 Å². The van der Waals surface area contributed by atoms with Crippen molar-refractivity contribution in [2.45, 2.75) is 25.2 Å². The predicted octanol–water partition coefficient (Wildman–Crippen LogP) is 3.66. The van der Waals surface area contributed by atoms with Crippen LogP contribution in [-0.2, 0) is 4.79 Å². The van der Waals surface area contributed by atoms with E-state index >= 15 is 0 Å². The molecule has 0 aliphatic heterocycles. The molecule has 0 bridgehead atoms. The van der Waals surface area contributed by atoms with Crippen molar-refractivity contribution < 1.29 is 4.79 Å². The molecule has 0 saturated heterocycles. The molecule has 0 saturated carbocycles. The fourth-order valence-electron chi connectivity index (χ4n) is 1.06. The quantitative estimate of drug-likeness (QED) is 0.552. The van der Waals surface area contributed by atoms with Gasteiger partial charge in [-0.15, -0.1) is 0 Å². The van der Waals surface area contributed by atoms with E-state index in [-0.39, 0.29) is 5.78 Å². The van der Waals surface area contributed by atoms with E-state index in [0.717, 1.165) is 16.2 Å². The van der Waals surface area contributed by atoms with Crippen molar-refractivity contribution in [2.75, 3.05) is 0 Å². The number of hydrogen-bond donors (Lipinski definition) is 0. The van der Waals surface area contributed by atoms with Crippen LogP contribution in [0.1, 0.15) is 20.3 Å². The van der Waals surface area contributed by atoms with Crippen LogP contribution in [0.4, 0.5) is 0 Å². The van der Waals surface area contributed by atoms with E-state index in [9.17, 15) is 4.79 Å². The first-order valence-electron chi connectivity index (χ1n) is 4.68. The van der Waals surface area contributed by atoms with E-state index in [1.54, 1.807) is 6.92 Å². The molecule has 0 aliphatic rings. The summed E-state index contributed by atoms with van der Waals surface area (Å²) in [6.07, 6.45) is 2.87. The highest BCUT2D eigenvalue weighted by molar-refractivity contribution is 8.04. The molecule has 0 aliphatic carbocycles. The highest BCUT2D eigenvalue weighted by Gasteiger charge is 2.04. The smallest absolute Gasteiger partial charge is 0.166 e. The fraction of sp³-hybridized carbons (Fsp3) is 0.250. The van der Waals surface area contributed by atoms with E-state index in [4.69, 9.17) is 0 Å². The highest BCUT2D eigenvalue weighted by Crippen LogP contribution is 2.26. The monoisotopic (exact) mass is 206 g/mol. The van der Waals surface area contributed by atoms with Gasteiger partial charge in [0.1, 0.15) is 0 Å².